The molecule has 1 N–H and O–H groups in total. The lowest BCUT2D eigenvalue weighted by Gasteiger charge is -2.12. The third-order valence-corrected chi connectivity index (χ3v) is 6.57. The Bertz CT molecular complexity index is 1160. The molecule has 0 saturated carbocycles. The molecule has 4 rings (SSSR count). The van der Waals surface area contributed by atoms with Crippen molar-refractivity contribution in [2.75, 3.05) is 11.9 Å². The van der Waals surface area contributed by atoms with E-state index in [1.807, 2.05) is 55.5 Å². The minimum Gasteiger partial charge on any atom is -0.484 e. The van der Waals surface area contributed by atoms with Gasteiger partial charge in [0.25, 0.3) is 5.91 Å². The Morgan fingerprint density at radius 1 is 1.10 bits per heavy atom. The number of aryl methyl sites for hydroxylation is 1. The number of aromatic nitrogens is 1. The lowest BCUT2D eigenvalue weighted by Crippen LogP contribution is -2.20. The van der Waals surface area contributed by atoms with Crippen LogP contribution >= 0.6 is 11.3 Å². The van der Waals surface area contributed by atoms with Gasteiger partial charge in [0.1, 0.15) is 10.8 Å². The highest BCUT2D eigenvalue weighted by atomic mass is 32.1. The van der Waals surface area contributed by atoms with Crippen LogP contribution in [0.3, 0.4) is 0 Å². The second kappa shape index (κ2) is 9.31. The molecule has 0 bridgehead atoms. The smallest absolute Gasteiger partial charge is 0.262 e. The van der Waals surface area contributed by atoms with Gasteiger partial charge in [0.2, 0.25) is 0 Å². The number of nitrogens with zero attached hydrogens (tertiary/aromatic N) is 1. The number of hydrogen-bond donors (Lipinski definition) is 1. The van der Waals surface area contributed by atoms with Crippen molar-refractivity contribution in [3.8, 4) is 16.3 Å². The van der Waals surface area contributed by atoms with Crippen molar-refractivity contribution < 1.29 is 9.53 Å². The van der Waals surface area contributed by atoms with E-state index in [-0.39, 0.29) is 12.5 Å². The number of para-hydroxylation sites is 1. The maximum atomic E-state index is 12.5. The van der Waals surface area contributed by atoms with Gasteiger partial charge in [-0.3, -0.25) is 4.79 Å². The van der Waals surface area contributed by atoms with Crippen LogP contribution in [-0.4, -0.2) is 17.5 Å². The number of amides is 1. The molecule has 158 valence electrons. The molecule has 0 fully saturated rings. The van der Waals surface area contributed by atoms with Crippen LogP contribution in [0.25, 0.3) is 20.8 Å². The van der Waals surface area contributed by atoms with Gasteiger partial charge in [-0.25, -0.2) is 4.98 Å². The monoisotopic (exact) mass is 430 g/mol. The summed E-state index contributed by atoms with van der Waals surface area (Å²) in [5, 5.41) is 3.92. The van der Waals surface area contributed by atoms with E-state index in [0.717, 1.165) is 38.5 Å². The first-order chi connectivity index (χ1) is 15.0. The Morgan fingerprint density at radius 3 is 2.61 bits per heavy atom. The highest BCUT2D eigenvalue weighted by Crippen LogP contribution is 2.32. The largest absolute Gasteiger partial charge is 0.484 e. The second-order valence-electron chi connectivity index (χ2n) is 7.73. The number of ether oxygens (including phenoxy) is 1. The van der Waals surface area contributed by atoms with Gasteiger partial charge in [-0.15, -0.1) is 11.3 Å². The van der Waals surface area contributed by atoms with Crippen molar-refractivity contribution in [3.63, 3.8) is 0 Å². The molecule has 1 atom stereocenters. The highest BCUT2D eigenvalue weighted by Gasteiger charge is 2.11. The summed E-state index contributed by atoms with van der Waals surface area (Å²) in [6, 6.07) is 22.1. The first-order valence-electron chi connectivity index (χ1n) is 10.5. The van der Waals surface area contributed by atoms with Gasteiger partial charge in [0.15, 0.2) is 6.61 Å². The lowest BCUT2D eigenvalue weighted by molar-refractivity contribution is -0.118. The predicted molar refractivity (Wildman–Crippen MR) is 129 cm³/mol. The quantitative estimate of drug-likeness (QED) is 0.351. The van der Waals surface area contributed by atoms with Crippen molar-refractivity contribution in [2.24, 2.45) is 0 Å². The van der Waals surface area contributed by atoms with Crippen molar-refractivity contribution in [1.82, 2.24) is 4.98 Å². The number of rotatable bonds is 7. The number of nitrogens with one attached hydrogen (secondary N) is 1. The summed E-state index contributed by atoms with van der Waals surface area (Å²) in [6.45, 7) is 6.32. The Morgan fingerprint density at radius 2 is 1.87 bits per heavy atom. The normalized spacial score (nSPS) is 12.0. The molecule has 31 heavy (non-hydrogen) atoms. The summed E-state index contributed by atoms with van der Waals surface area (Å²) in [7, 11) is 0. The number of thiazole rings is 1. The third kappa shape index (κ3) is 4.94. The van der Waals surface area contributed by atoms with E-state index < -0.39 is 0 Å². The molecular weight excluding hydrogens is 404 g/mol. The molecule has 0 saturated heterocycles. The molecule has 0 aliphatic carbocycles. The lowest BCUT2D eigenvalue weighted by atomic mass is 9.99. The van der Waals surface area contributed by atoms with Gasteiger partial charge in [0, 0.05) is 11.3 Å². The number of anilines is 1. The van der Waals surface area contributed by atoms with E-state index in [0.29, 0.717) is 11.7 Å². The van der Waals surface area contributed by atoms with Crippen molar-refractivity contribution in [1.29, 1.82) is 0 Å². The summed E-state index contributed by atoms with van der Waals surface area (Å²) in [5.74, 6) is 1.03. The molecule has 3 aromatic carbocycles. The van der Waals surface area contributed by atoms with Crippen LogP contribution in [0.5, 0.6) is 5.75 Å². The van der Waals surface area contributed by atoms with Crippen LogP contribution in [0.1, 0.15) is 37.3 Å². The Balaban J connectivity index is 1.42. The van der Waals surface area contributed by atoms with Gasteiger partial charge in [-0.1, -0.05) is 50.2 Å². The number of fused-ring (bicyclic) bond motifs is 1. The summed E-state index contributed by atoms with van der Waals surface area (Å²) in [4.78, 5) is 17.2. The molecule has 1 amide bonds. The zero-order valence-corrected chi connectivity index (χ0v) is 18.8. The number of hydrogen-bond acceptors (Lipinski definition) is 4. The molecule has 0 unspecified atom stereocenters. The molecule has 0 spiro atoms. The number of carbonyl (C=O) groups is 1. The average molecular weight is 431 g/mol. The first-order valence-corrected chi connectivity index (χ1v) is 11.3. The van der Waals surface area contributed by atoms with E-state index in [4.69, 9.17) is 9.72 Å². The van der Waals surface area contributed by atoms with Crippen LogP contribution < -0.4 is 10.1 Å². The summed E-state index contributed by atoms with van der Waals surface area (Å²) < 4.78 is 6.83. The topological polar surface area (TPSA) is 51.2 Å². The Kier molecular flexibility index (Phi) is 6.33. The van der Waals surface area contributed by atoms with Gasteiger partial charge < -0.3 is 10.1 Å². The van der Waals surface area contributed by atoms with E-state index >= 15 is 0 Å². The number of carbonyl (C=O) groups excluding carboxylic acids is 1. The molecule has 5 heteroatoms. The summed E-state index contributed by atoms with van der Waals surface area (Å²) >= 11 is 1.65. The standard InChI is InChI=1S/C26H26N2O2S/c1-4-17(2)19-11-13-21(14-12-19)30-16-25(29)27-23-15-20(10-9-18(23)3)26-28-22-7-5-6-8-24(22)31-26/h5-15,17H,4,16H2,1-3H3,(H,27,29)/t17-/m0/s1. The van der Waals surface area contributed by atoms with Crippen LogP contribution in [0, 0.1) is 6.92 Å². The van der Waals surface area contributed by atoms with Crippen LogP contribution in [0.15, 0.2) is 66.7 Å². The SMILES string of the molecule is CC[C@H](C)c1ccc(OCC(=O)Nc2cc(-c3nc4ccccc4s3)ccc2C)cc1. The molecule has 4 nitrogen and oxygen atoms in total. The van der Waals surface area contributed by atoms with E-state index in [9.17, 15) is 4.79 Å². The zero-order valence-electron chi connectivity index (χ0n) is 18.0. The maximum absolute atomic E-state index is 12.5. The fourth-order valence-electron chi connectivity index (χ4n) is 3.35. The van der Waals surface area contributed by atoms with Gasteiger partial charge in [-0.2, -0.15) is 0 Å². The second-order valence-corrected chi connectivity index (χ2v) is 8.76. The van der Waals surface area contributed by atoms with Gasteiger partial charge >= 0.3 is 0 Å². The van der Waals surface area contributed by atoms with E-state index in [2.05, 4.69) is 37.4 Å². The Hall–Kier alpha value is -3.18. The fraction of sp³-hybridized carbons (Fsp3) is 0.231. The third-order valence-electron chi connectivity index (χ3n) is 5.48. The molecule has 0 radical (unpaired) electrons. The molecule has 1 aromatic heterocycles. The predicted octanol–water partition coefficient (Wildman–Crippen LogP) is 6.80. The van der Waals surface area contributed by atoms with Gasteiger partial charge in [0.05, 0.1) is 10.2 Å². The zero-order chi connectivity index (χ0) is 21.8. The van der Waals surface area contributed by atoms with Crippen molar-refractivity contribution in [3.05, 3.63) is 77.9 Å². The fourth-order valence-corrected chi connectivity index (χ4v) is 4.31. The van der Waals surface area contributed by atoms with Crippen LogP contribution in [0.2, 0.25) is 0 Å². The highest BCUT2D eigenvalue weighted by molar-refractivity contribution is 7.21. The van der Waals surface area contributed by atoms with Crippen molar-refractivity contribution in [2.45, 2.75) is 33.1 Å². The molecule has 0 aliphatic heterocycles. The molecule has 1 heterocycles. The van der Waals surface area contributed by atoms with Crippen LogP contribution in [0.4, 0.5) is 5.69 Å². The minimum atomic E-state index is -0.185. The Labute approximate surface area is 186 Å². The molecule has 4 aromatic rings. The number of benzene rings is 3. The maximum Gasteiger partial charge on any atom is 0.262 e. The first kappa shape index (κ1) is 21.1. The summed E-state index contributed by atoms with van der Waals surface area (Å²) in [5.41, 5.74) is 5.03. The van der Waals surface area contributed by atoms with E-state index in [1.54, 1.807) is 11.3 Å². The minimum absolute atomic E-state index is 0.0342. The van der Waals surface area contributed by atoms with E-state index in [1.165, 1.54) is 5.56 Å². The average Bonchev–Trinajstić information content (AvgIpc) is 3.23. The van der Waals surface area contributed by atoms with Crippen LogP contribution in [-0.2, 0) is 4.79 Å². The molecule has 0 aliphatic rings. The van der Waals surface area contributed by atoms with Crippen molar-refractivity contribution >= 4 is 33.1 Å². The molecular formula is C26H26N2O2S. The van der Waals surface area contributed by atoms with Gasteiger partial charge in [-0.05, 0) is 60.7 Å². The summed E-state index contributed by atoms with van der Waals surface area (Å²) in [6.07, 6.45) is 1.10.